The van der Waals surface area contributed by atoms with Gasteiger partial charge in [0.05, 0.1) is 18.5 Å². The van der Waals surface area contributed by atoms with Crippen LogP contribution in [0, 0.1) is 11.6 Å². The van der Waals surface area contributed by atoms with Gasteiger partial charge in [0.2, 0.25) is 0 Å². The minimum atomic E-state index is -0.884. The van der Waals surface area contributed by atoms with Crippen molar-refractivity contribution in [1.29, 1.82) is 0 Å². The number of carbonyl (C=O) groups excluding carboxylic acids is 2. The van der Waals surface area contributed by atoms with Gasteiger partial charge in [-0.3, -0.25) is 9.59 Å². The Bertz CT molecular complexity index is 1180. The number of anilines is 2. The van der Waals surface area contributed by atoms with Crippen LogP contribution in [0.3, 0.4) is 0 Å². The Morgan fingerprint density at radius 1 is 0.882 bits per heavy atom. The molecule has 6 nitrogen and oxygen atoms in total. The van der Waals surface area contributed by atoms with Gasteiger partial charge in [-0.25, -0.2) is 8.78 Å². The van der Waals surface area contributed by atoms with Crippen LogP contribution in [0.25, 0.3) is 6.08 Å². The molecular weight excluding hydrogens is 442 g/mol. The van der Waals surface area contributed by atoms with Crippen molar-refractivity contribution in [3.8, 4) is 11.5 Å². The number of carbonyl (C=O) groups is 2. The van der Waals surface area contributed by atoms with E-state index in [1.807, 2.05) is 0 Å². The van der Waals surface area contributed by atoms with Crippen molar-refractivity contribution < 1.29 is 27.8 Å². The molecule has 0 unspecified atom stereocenters. The van der Waals surface area contributed by atoms with E-state index in [-0.39, 0.29) is 23.6 Å². The molecule has 34 heavy (non-hydrogen) atoms. The van der Waals surface area contributed by atoms with Gasteiger partial charge in [-0.2, -0.15) is 0 Å². The molecule has 174 valence electrons. The number of nitrogens with one attached hydrogen (secondary N) is 2. The fourth-order valence-corrected chi connectivity index (χ4v) is 2.95. The van der Waals surface area contributed by atoms with Crippen molar-refractivity contribution in [2.75, 3.05) is 24.4 Å². The SMILES string of the molecule is C=CCOc1ccc(C=C(C(=O)Nc2ccccc2F)C(=O)Nc2ccccc2F)cc1OC. The van der Waals surface area contributed by atoms with E-state index in [4.69, 9.17) is 9.47 Å². The standard InChI is InChI=1S/C26H22F2N2O4/c1-3-14-34-23-13-12-17(16-24(23)33-2)15-18(25(31)29-21-10-6-4-8-19(21)27)26(32)30-22-11-7-5-9-20(22)28/h3-13,15-16H,1,14H2,2H3,(H,29,31)(H,30,32). The van der Waals surface area contributed by atoms with Gasteiger partial charge in [-0.05, 0) is 48.0 Å². The number of ether oxygens (including phenoxy) is 2. The van der Waals surface area contributed by atoms with Crippen LogP contribution in [0.2, 0.25) is 0 Å². The lowest BCUT2D eigenvalue weighted by Crippen LogP contribution is -2.26. The number of hydrogen-bond acceptors (Lipinski definition) is 4. The van der Waals surface area contributed by atoms with E-state index in [0.29, 0.717) is 17.1 Å². The molecule has 0 saturated heterocycles. The zero-order valence-corrected chi connectivity index (χ0v) is 18.3. The van der Waals surface area contributed by atoms with Gasteiger partial charge in [-0.15, -0.1) is 0 Å². The molecule has 0 aromatic heterocycles. The molecule has 0 aliphatic carbocycles. The summed E-state index contributed by atoms with van der Waals surface area (Å²) in [6, 6.07) is 15.8. The van der Waals surface area contributed by atoms with Crippen LogP contribution in [-0.2, 0) is 9.59 Å². The lowest BCUT2D eigenvalue weighted by molar-refractivity contribution is -0.118. The van der Waals surface area contributed by atoms with Crippen molar-refractivity contribution >= 4 is 29.3 Å². The van der Waals surface area contributed by atoms with Crippen LogP contribution < -0.4 is 20.1 Å². The summed E-state index contributed by atoms with van der Waals surface area (Å²) in [5.41, 5.74) is -0.177. The highest BCUT2D eigenvalue weighted by atomic mass is 19.1. The molecule has 0 bridgehead atoms. The third-order valence-electron chi connectivity index (χ3n) is 4.59. The second kappa shape index (κ2) is 11.4. The Morgan fingerprint density at radius 3 is 1.94 bits per heavy atom. The monoisotopic (exact) mass is 464 g/mol. The fourth-order valence-electron chi connectivity index (χ4n) is 2.95. The lowest BCUT2D eigenvalue weighted by atomic mass is 10.1. The third-order valence-corrected chi connectivity index (χ3v) is 4.59. The van der Waals surface area contributed by atoms with Gasteiger partial charge in [0, 0.05) is 0 Å². The highest BCUT2D eigenvalue weighted by Crippen LogP contribution is 2.29. The van der Waals surface area contributed by atoms with E-state index in [0.717, 1.165) is 0 Å². The highest BCUT2D eigenvalue weighted by molar-refractivity contribution is 6.28. The molecule has 0 heterocycles. The molecule has 0 aliphatic rings. The Hall–Kier alpha value is -4.46. The fraction of sp³-hybridized carbons (Fsp3) is 0.0769. The Labute approximate surface area is 195 Å². The van der Waals surface area contributed by atoms with Crippen LogP contribution in [0.15, 0.2) is 85.0 Å². The van der Waals surface area contributed by atoms with E-state index in [1.54, 1.807) is 24.3 Å². The second-order valence-electron chi connectivity index (χ2n) is 6.94. The van der Waals surface area contributed by atoms with E-state index < -0.39 is 23.4 Å². The van der Waals surface area contributed by atoms with Gasteiger partial charge in [-0.1, -0.05) is 43.0 Å². The van der Waals surface area contributed by atoms with E-state index in [2.05, 4.69) is 17.2 Å². The van der Waals surface area contributed by atoms with Crippen molar-refractivity contribution in [3.05, 3.63) is 102 Å². The van der Waals surface area contributed by atoms with Gasteiger partial charge < -0.3 is 20.1 Å². The number of para-hydroxylation sites is 2. The summed E-state index contributed by atoms with van der Waals surface area (Å²) >= 11 is 0. The summed E-state index contributed by atoms with van der Waals surface area (Å²) in [6.07, 6.45) is 2.86. The first-order chi connectivity index (χ1) is 16.4. The molecule has 0 saturated carbocycles. The second-order valence-corrected chi connectivity index (χ2v) is 6.94. The molecule has 2 amide bonds. The van der Waals surface area contributed by atoms with Crippen LogP contribution in [0.5, 0.6) is 11.5 Å². The lowest BCUT2D eigenvalue weighted by Gasteiger charge is -2.13. The smallest absolute Gasteiger partial charge is 0.261 e. The van der Waals surface area contributed by atoms with Gasteiger partial charge >= 0.3 is 0 Å². The molecule has 2 N–H and O–H groups in total. The topological polar surface area (TPSA) is 76.7 Å². The predicted octanol–water partition coefficient (Wildman–Crippen LogP) is 5.20. The largest absolute Gasteiger partial charge is 0.493 e. The van der Waals surface area contributed by atoms with Gasteiger partial charge in [0.25, 0.3) is 11.8 Å². The Balaban J connectivity index is 1.98. The predicted molar refractivity (Wildman–Crippen MR) is 127 cm³/mol. The summed E-state index contributed by atoms with van der Waals surface area (Å²) in [5.74, 6) is -2.31. The van der Waals surface area contributed by atoms with Gasteiger partial charge in [0.15, 0.2) is 11.5 Å². The molecular formula is C26H22F2N2O4. The van der Waals surface area contributed by atoms with Crippen LogP contribution in [0.1, 0.15) is 5.56 Å². The molecule has 3 rings (SSSR count). The summed E-state index contributed by atoms with van der Waals surface area (Å²) < 4.78 is 39.0. The normalized spacial score (nSPS) is 10.1. The highest BCUT2D eigenvalue weighted by Gasteiger charge is 2.21. The molecule has 3 aromatic rings. The maximum Gasteiger partial charge on any atom is 0.261 e. The summed E-state index contributed by atoms with van der Waals surface area (Å²) in [7, 11) is 1.44. The van der Waals surface area contributed by atoms with Crippen molar-refractivity contribution in [3.63, 3.8) is 0 Å². The average molecular weight is 464 g/mol. The molecule has 8 heteroatoms. The summed E-state index contributed by atoms with van der Waals surface area (Å²) in [5, 5.41) is 4.75. The first kappa shape index (κ1) is 24.2. The Morgan fingerprint density at radius 2 is 1.44 bits per heavy atom. The average Bonchev–Trinajstić information content (AvgIpc) is 2.84. The zero-order valence-electron chi connectivity index (χ0n) is 18.3. The minimum Gasteiger partial charge on any atom is -0.493 e. The minimum absolute atomic E-state index is 0.108. The third kappa shape index (κ3) is 6.07. The van der Waals surface area contributed by atoms with Crippen molar-refractivity contribution in [2.45, 2.75) is 0 Å². The first-order valence-corrected chi connectivity index (χ1v) is 10.2. The van der Waals surface area contributed by atoms with Crippen LogP contribution in [0.4, 0.5) is 20.2 Å². The molecule has 0 radical (unpaired) electrons. The summed E-state index contributed by atoms with van der Waals surface area (Å²) in [4.78, 5) is 26.0. The maximum absolute atomic E-state index is 14.1. The first-order valence-electron chi connectivity index (χ1n) is 10.2. The van der Waals surface area contributed by atoms with Gasteiger partial charge in [0.1, 0.15) is 23.8 Å². The molecule has 0 fully saturated rings. The van der Waals surface area contributed by atoms with E-state index in [1.165, 1.54) is 61.7 Å². The van der Waals surface area contributed by atoms with Crippen LogP contribution >= 0.6 is 0 Å². The van der Waals surface area contributed by atoms with Crippen LogP contribution in [-0.4, -0.2) is 25.5 Å². The van der Waals surface area contributed by atoms with Crippen molar-refractivity contribution in [1.82, 2.24) is 0 Å². The summed E-state index contributed by atoms with van der Waals surface area (Å²) in [6.45, 7) is 3.85. The maximum atomic E-state index is 14.1. The molecule has 3 aromatic carbocycles. The zero-order chi connectivity index (χ0) is 24.5. The number of benzene rings is 3. The molecule has 0 spiro atoms. The number of methoxy groups -OCH3 is 1. The molecule has 0 aliphatic heterocycles. The number of hydrogen-bond donors (Lipinski definition) is 2. The van der Waals surface area contributed by atoms with Crippen molar-refractivity contribution in [2.24, 2.45) is 0 Å². The van der Waals surface area contributed by atoms with E-state index in [9.17, 15) is 18.4 Å². The number of amides is 2. The number of rotatable bonds is 9. The van der Waals surface area contributed by atoms with E-state index >= 15 is 0 Å². The Kier molecular flexibility index (Phi) is 8.12. The number of halogens is 2. The quantitative estimate of drug-likeness (QED) is 0.198. The molecule has 0 atom stereocenters.